The number of carbonyl (C=O) groups excluding carboxylic acids is 1. The van der Waals surface area contributed by atoms with Gasteiger partial charge in [0.1, 0.15) is 6.17 Å². The number of carbonyl (C=O) groups is 1. The number of hydrogen-bond donors (Lipinski definition) is 1. The van der Waals surface area contributed by atoms with Crippen molar-refractivity contribution in [3.05, 3.63) is 22.4 Å². The summed E-state index contributed by atoms with van der Waals surface area (Å²) in [7, 11) is 0. The van der Waals surface area contributed by atoms with Crippen molar-refractivity contribution in [3.63, 3.8) is 0 Å². The zero-order valence-electron chi connectivity index (χ0n) is 12.5. The molecule has 3 unspecified atom stereocenters. The smallest absolute Gasteiger partial charge is 0.241 e. The van der Waals surface area contributed by atoms with E-state index >= 15 is 0 Å². The first-order valence-corrected chi connectivity index (χ1v) is 8.62. The molecule has 1 aromatic heterocycles. The first-order valence-electron chi connectivity index (χ1n) is 7.68. The maximum Gasteiger partial charge on any atom is 0.241 e. The molecule has 3 rings (SSSR count). The molecule has 0 radical (unpaired) electrons. The van der Waals surface area contributed by atoms with Gasteiger partial charge in [0.2, 0.25) is 5.91 Å². The van der Waals surface area contributed by atoms with E-state index in [4.69, 9.17) is 0 Å². The predicted octanol–water partition coefficient (Wildman–Crippen LogP) is 3.39. The third-order valence-electron chi connectivity index (χ3n) is 4.50. The fourth-order valence-corrected chi connectivity index (χ4v) is 3.90. The second-order valence-corrected chi connectivity index (χ2v) is 7.41. The van der Waals surface area contributed by atoms with E-state index in [9.17, 15) is 4.79 Å². The molecule has 3 atom stereocenters. The van der Waals surface area contributed by atoms with Gasteiger partial charge < -0.3 is 4.90 Å². The highest BCUT2D eigenvalue weighted by Gasteiger charge is 2.45. The molecule has 1 saturated heterocycles. The first-order chi connectivity index (χ1) is 9.58. The minimum atomic E-state index is -0.0129. The van der Waals surface area contributed by atoms with Gasteiger partial charge in [-0.05, 0) is 60.4 Å². The van der Waals surface area contributed by atoms with E-state index in [0.717, 1.165) is 6.42 Å². The van der Waals surface area contributed by atoms with Crippen molar-refractivity contribution in [2.75, 3.05) is 0 Å². The summed E-state index contributed by atoms with van der Waals surface area (Å²) in [5.41, 5.74) is 1.24. The quantitative estimate of drug-likeness (QED) is 0.902. The summed E-state index contributed by atoms with van der Waals surface area (Å²) in [4.78, 5) is 14.9. The Labute approximate surface area is 125 Å². The summed E-state index contributed by atoms with van der Waals surface area (Å²) < 4.78 is 0. The van der Waals surface area contributed by atoms with Crippen LogP contribution in [0.15, 0.2) is 16.8 Å². The Kier molecular flexibility index (Phi) is 3.87. The molecule has 2 fully saturated rings. The van der Waals surface area contributed by atoms with E-state index in [1.54, 1.807) is 11.3 Å². The average Bonchev–Trinajstić information content (AvgIpc) is 3.01. The van der Waals surface area contributed by atoms with Gasteiger partial charge in [0, 0.05) is 6.04 Å². The van der Waals surface area contributed by atoms with Crippen LogP contribution in [0.25, 0.3) is 0 Å². The molecule has 1 saturated carbocycles. The molecular weight excluding hydrogens is 268 g/mol. The number of rotatable bonds is 5. The van der Waals surface area contributed by atoms with Crippen LogP contribution in [-0.2, 0) is 4.79 Å². The van der Waals surface area contributed by atoms with Crippen LogP contribution in [0.4, 0.5) is 0 Å². The molecule has 110 valence electrons. The van der Waals surface area contributed by atoms with Crippen molar-refractivity contribution in [1.29, 1.82) is 0 Å². The summed E-state index contributed by atoms with van der Waals surface area (Å²) >= 11 is 1.70. The summed E-state index contributed by atoms with van der Waals surface area (Å²) in [5.74, 6) is 1.55. The van der Waals surface area contributed by atoms with Gasteiger partial charge in [-0.2, -0.15) is 11.3 Å². The van der Waals surface area contributed by atoms with Gasteiger partial charge in [0.05, 0.1) is 6.04 Å². The average molecular weight is 292 g/mol. The van der Waals surface area contributed by atoms with E-state index in [-0.39, 0.29) is 12.2 Å². The Morgan fingerprint density at radius 1 is 1.40 bits per heavy atom. The number of nitrogens with one attached hydrogen (secondary N) is 1. The Bertz CT molecular complexity index is 467. The molecule has 1 aliphatic heterocycles. The summed E-state index contributed by atoms with van der Waals surface area (Å²) in [6.45, 7) is 6.58. The van der Waals surface area contributed by atoms with Crippen molar-refractivity contribution < 1.29 is 4.79 Å². The van der Waals surface area contributed by atoms with E-state index in [2.05, 4.69) is 47.8 Å². The molecule has 3 nitrogen and oxygen atoms in total. The van der Waals surface area contributed by atoms with E-state index in [1.807, 2.05) is 0 Å². The maximum absolute atomic E-state index is 12.8. The largest absolute Gasteiger partial charge is 0.319 e. The van der Waals surface area contributed by atoms with E-state index < -0.39 is 0 Å². The molecule has 20 heavy (non-hydrogen) atoms. The Hall–Kier alpha value is -0.870. The monoisotopic (exact) mass is 292 g/mol. The van der Waals surface area contributed by atoms with Crippen LogP contribution < -0.4 is 5.32 Å². The van der Waals surface area contributed by atoms with Crippen LogP contribution in [0.1, 0.15) is 51.8 Å². The van der Waals surface area contributed by atoms with E-state index in [1.165, 1.54) is 18.4 Å². The standard InChI is InChI=1S/C16H24N2OS/c1-10(2)8-14-16(19)18(11(3)12-4-5-12)15(17-14)13-6-7-20-9-13/h6-7,9-12,14-15,17H,4-5,8H2,1-3H3. The normalized spacial score (nSPS) is 28.4. The van der Waals surface area contributed by atoms with Crippen molar-refractivity contribution in [1.82, 2.24) is 10.2 Å². The SMILES string of the molecule is CC(C)CC1NC(c2ccsc2)N(C(C)C2CC2)C1=O. The van der Waals surface area contributed by atoms with Gasteiger partial charge in [0.15, 0.2) is 0 Å². The lowest BCUT2D eigenvalue weighted by Crippen LogP contribution is -2.39. The summed E-state index contributed by atoms with van der Waals surface area (Å²) in [6.07, 6.45) is 3.55. The molecule has 4 heteroatoms. The van der Waals surface area contributed by atoms with Crippen molar-refractivity contribution >= 4 is 17.2 Å². The molecule has 1 N–H and O–H groups in total. The number of thiophene rings is 1. The summed E-state index contributed by atoms with van der Waals surface area (Å²) in [5, 5.41) is 7.83. The zero-order valence-corrected chi connectivity index (χ0v) is 13.3. The van der Waals surface area contributed by atoms with Gasteiger partial charge in [-0.25, -0.2) is 0 Å². The zero-order chi connectivity index (χ0) is 14.3. The lowest BCUT2D eigenvalue weighted by atomic mass is 10.0. The summed E-state index contributed by atoms with van der Waals surface area (Å²) in [6, 6.07) is 2.48. The minimum Gasteiger partial charge on any atom is -0.319 e. The fourth-order valence-electron chi connectivity index (χ4n) is 3.22. The van der Waals surface area contributed by atoms with Gasteiger partial charge in [-0.3, -0.25) is 10.1 Å². The molecule has 0 bridgehead atoms. The highest BCUT2D eigenvalue weighted by atomic mass is 32.1. The minimum absolute atomic E-state index is 0.0129. The number of hydrogen-bond acceptors (Lipinski definition) is 3. The molecule has 0 aromatic carbocycles. The van der Waals surface area contributed by atoms with Crippen molar-refractivity contribution in [2.45, 2.75) is 58.3 Å². The maximum atomic E-state index is 12.8. The molecule has 1 aliphatic carbocycles. The molecular formula is C16H24N2OS. The second-order valence-electron chi connectivity index (χ2n) is 6.63. The lowest BCUT2D eigenvalue weighted by Gasteiger charge is -2.30. The number of amides is 1. The molecule has 2 heterocycles. The van der Waals surface area contributed by atoms with Gasteiger partial charge in [0.25, 0.3) is 0 Å². The molecule has 0 spiro atoms. The second kappa shape index (κ2) is 5.49. The van der Waals surface area contributed by atoms with Crippen LogP contribution in [-0.4, -0.2) is 22.9 Å². The van der Waals surface area contributed by atoms with Gasteiger partial charge >= 0.3 is 0 Å². The molecule has 1 aromatic rings. The van der Waals surface area contributed by atoms with Crippen LogP contribution in [0.5, 0.6) is 0 Å². The Balaban J connectivity index is 1.83. The third-order valence-corrected chi connectivity index (χ3v) is 5.20. The van der Waals surface area contributed by atoms with Crippen molar-refractivity contribution in [3.8, 4) is 0 Å². The van der Waals surface area contributed by atoms with Crippen molar-refractivity contribution in [2.24, 2.45) is 11.8 Å². The van der Waals surface area contributed by atoms with Crippen LogP contribution in [0, 0.1) is 11.8 Å². The van der Waals surface area contributed by atoms with Crippen LogP contribution >= 0.6 is 11.3 Å². The Morgan fingerprint density at radius 3 is 2.70 bits per heavy atom. The third kappa shape index (κ3) is 2.63. The van der Waals surface area contributed by atoms with Crippen LogP contribution in [0.3, 0.4) is 0 Å². The van der Waals surface area contributed by atoms with Gasteiger partial charge in [-0.15, -0.1) is 0 Å². The molecule has 1 amide bonds. The lowest BCUT2D eigenvalue weighted by molar-refractivity contribution is -0.132. The number of nitrogens with zero attached hydrogens (tertiary/aromatic N) is 1. The first kappa shape index (κ1) is 14.1. The highest BCUT2D eigenvalue weighted by molar-refractivity contribution is 7.07. The molecule has 2 aliphatic rings. The van der Waals surface area contributed by atoms with E-state index in [0.29, 0.717) is 23.8 Å². The topological polar surface area (TPSA) is 32.3 Å². The fraction of sp³-hybridized carbons (Fsp3) is 0.688. The Morgan fingerprint density at radius 2 is 2.15 bits per heavy atom. The highest BCUT2D eigenvalue weighted by Crippen LogP contribution is 2.40. The van der Waals surface area contributed by atoms with Crippen LogP contribution in [0.2, 0.25) is 0 Å². The van der Waals surface area contributed by atoms with Gasteiger partial charge in [-0.1, -0.05) is 13.8 Å². The predicted molar refractivity (Wildman–Crippen MR) is 82.5 cm³/mol.